The van der Waals surface area contributed by atoms with Gasteiger partial charge in [-0.25, -0.2) is 4.98 Å². The van der Waals surface area contributed by atoms with Crippen LogP contribution in [0, 0.1) is 0 Å². The van der Waals surface area contributed by atoms with E-state index in [1.165, 1.54) is 0 Å². The molecule has 1 aromatic heterocycles. The van der Waals surface area contributed by atoms with Crippen LogP contribution in [0.3, 0.4) is 0 Å². The zero-order chi connectivity index (χ0) is 17.1. The lowest BCUT2D eigenvalue weighted by atomic mass is 10.1. The number of benzene rings is 1. The molecule has 1 aliphatic heterocycles. The fourth-order valence-electron chi connectivity index (χ4n) is 2.94. The number of halogens is 3. The summed E-state index contributed by atoms with van der Waals surface area (Å²) in [6, 6.07) is 7.94. The average Bonchev–Trinajstić information content (AvgIpc) is 3.05. The maximum Gasteiger partial charge on any atom is 0.223 e. The summed E-state index contributed by atoms with van der Waals surface area (Å²) in [6.45, 7) is 5.79. The zero-order valence-corrected chi connectivity index (χ0v) is 17.2. The molecule has 3 rings (SSSR count). The van der Waals surface area contributed by atoms with Gasteiger partial charge in [0.2, 0.25) is 5.91 Å². The number of hydrogen-bond donors (Lipinski definition) is 1. The van der Waals surface area contributed by atoms with Crippen LogP contribution in [0.15, 0.2) is 34.9 Å². The highest BCUT2D eigenvalue weighted by molar-refractivity contribution is 6.30. The van der Waals surface area contributed by atoms with E-state index in [1.807, 2.05) is 29.2 Å². The number of rotatable bonds is 4. The maximum atomic E-state index is 12.5. The van der Waals surface area contributed by atoms with Crippen LogP contribution < -0.4 is 5.32 Å². The van der Waals surface area contributed by atoms with Crippen molar-refractivity contribution in [2.45, 2.75) is 38.8 Å². The highest BCUT2D eigenvalue weighted by atomic mass is 35.5. The molecule has 1 N–H and O–H groups in total. The van der Waals surface area contributed by atoms with E-state index in [9.17, 15) is 4.79 Å². The van der Waals surface area contributed by atoms with Gasteiger partial charge in [-0.3, -0.25) is 4.79 Å². The van der Waals surface area contributed by atoms with E-state index in [0.717, 1.165) is 18.7 Å². The van der Waals surface area contributed by atoms with Gasteiger partial charge in [0.1, 0.15) is 0 Å². The Morgan fingerprint density at radius 3 is 2.69 bits per heavy atom. The van der Waals surface area contributed by atoms with Crippen LogP contribution in [0.5, 0.6) is 0 Å². The van der Waals surface area contributed by atoms with Crippen LogP contribution in [-0.4, -0.2) is 41.0 Å². The van der Waals surface area contributed by atoms with E-state index in [0.29, 0.717) is 35.6 Å². The molecular weight excluding hydrogens is 397 g/mol. The molecule has 2 aromatic rings. The summed E-state index contributed by atoms with van der Waals surface area (Å²) < 4.78 is 5.76. The molecule has 2 heterocycles. The molecule has 1 fully saturated rings. The fraction of sp³-hybridized carbons (Fsp3) is 0.444. The third kappa shape index (κ3) is 5.36. The quantitative estimate of drug-likeness (QED) is 0.813. The van der Waals surface area contributed by atoms with Crippen molar-refractivity contribution in [3.05, 3.63) is 41.4 Å². The number of amides is 1. The number of carbonyl (C=O) groups excluding carboxylic acids is 1. The van der Waals surface area contributed by atoms with Crippen molar-refractivity contribution >= 4 is 42.3 Å². The molecule has 1 aromatic carbocycles. The molecule has 26 heavy (non-hydrogen) atoms. The second kappa shape index (κ2) is 10.2. The molecule has 1 aliphatic rings. The lowest BCUT2D eigenvalue weighted by molar-refractivity contribution is -0.134. The van der Waals surface area contributed by atoms with Crippen LogP contribution in [-0.2, 0) is 11.2 Å². The van der Waals surface area contributed by atoms with Crippen LogP contribution >= 0.6 is 36.4 Å². The van der Waals surface area contributed by atoms with Gasteiger partial charge in [-0.05, 0) is 38.1 Å². The van der Waals surface area contributed by atoms with Gasteiger partial charge in [-0.2, -0.15) is 0 Å². The highest BCUT2D eigenvalue weighted by Crippen LogP contribution is 2.23. The number of oxazole rings is 1. The van der Waals surface area contributed by atoms with E-state index in [4.69, 9.17) is 16.0 Å². The Bertz CT molecular complexity index is 706. The van der Waals surface area contributed by atoms with E-state index >= 15 is 0 Å². The Balaban J connectivity index is 0.00000169. The first-order valence-electron chi connectivity index (χ1n) is 8.28. The first-order valence-corrected chi connectivity index (χ1v) is 8.66. The average molecular weight is 421 g/mol. The largest absolute Gasteiger partial charge is 0.441 e. The molecule has 1 amide bonds. The summed E-state index contributed by atoms with van der Waals surface area (Å²) in [6.07, 6.45) is 2.62. The topological polar surface area (TPSA) is 58.4 Å². The fourth-order valence-corrected chi connectivity index (χ4v) is 3.07. The summed E-state index contributed by atoms with van der Waals surface area (Å²) in [7, 11) is 0. The molecule has 2 atom stereocenters. The lowest BCUT2D eigenvalue weighted by Gasteiger charge is -2.38. The maximum absolute atomic E-state index is 12.5. The van der Waals surface area contributed by atoms with Gasteiger partial charge in [0.15, 0.2) is 11.7 Å². The van der Waals surface area contributed by atoms with Gasteiger partial charge in [0.05, 0.1) is 6.20 Å². The number of aromatic nitrogens is 1. The molecule has 8 heteroatoms. The number of carbonyl (C=O) groups is 1. The van der Waals surface area contributed by atoms with Crippen LogP contribution in [0.4, 0.5) is 0 Å². The van der Waals surface area contributed by atoms with E-state index in [2.05, 4.69) is 24.1 Å². The number of aryl methyl sites for hydroxylation is 1. The zero-order valence-electron chi connectivity index (χ0n) is 14.8. The van der Waals surface area contributed by atoms with Gasteiger partial charge < -0.3 is 14.6 Å². The third-order valence-electron chi connectivity index (χ3n) is 4.59. The lowest BCUT2D eigenvalue weighted by Crippen LogP contribution is -2.57. The van der Waals surface area contributed by atoms with Crippen molar-refractivity contribution in [2.24, 2.45) is 0 Å². The van der Waals surface area contributed by atoms with Crippen molar-refractivity contribution in [2.75, 3.05) is 13.1 Å². The van der Waals surface area contributed by atoms with Crippen molar-refractivity contribution in [1.82, 2.24) is 15.2 Å². The second-order valence-corrected chi connectivity index (χ2v) is 6.63. The summed E-state index contributed by atoms with van der Waals surface area (Å²) >= 11 is 5.89. The monoisotopic (exact) mass is 419 g/mol. The van der Waals surface area contributed by atoms with Gasteiger partial charge in [-0.15, -0.1) is 24.8 Å². The smallest absolute Gasteiger partial charge is 0.223 e. The number of hydrogen-bond acceptors (Lipinski definition) is 4. The molecule has 1 saturated heterocycles. The Morgan fingerprint density at radius 2 is 2.00 bits per heavy atom. The van der Waals surface area contributed by atoms with Gasteiger partial charge in [-0.1, -0.05) is 11.6 Å². The first kappa shape index (κ1) is 22.8. The molecule has 0 saturated carbocycles. The summed E-state index contributed by atoms with van der Waals surface area (Å²) in [5.74, 6) is 1.43. The molecule has 0 bridgehead atoms. The second-order valence-electron chi connectivity index (χ2n) is 6.20. The molecular formula is C18H24Cl3N3O2. The standard InChI is InChI=1S/C18H22ClN3O2.2ClH/c1-12-13(2)22(10-9-20-12)18(23)8-7-17-21-11-16(24-17)14-3-5-15(19)6-4-14;;/h3-6,11-13,20H,7-10H2,1-2H3;2*1H. The Kier molecular flexibility index (Phi) is 8.90. The van der Waals surface area contributed by atoms with Gasteiger partial charge >= 0.3 is 0 Å². The molecule has 5 nitrogen and oxygen atoms in total. The Morgan fingerprint density at radius 1 is 1.31 bits per heavy atom. The van der Waals surface area contributed by atoms with Crippen molar-refractivity contribution in [3.63, 3.8) is 0 Å². The summed E-state index contributed by atoms with van der Waals surface area (Å²) in [5.41, 5.74) is 0.925. The molecule has 2 unspecified atom stereocenters. The van der Waals surface area contributed by atoms with Crippen molar-refractivity contribution < 1.29 is 9.21 Å². The Hall–Kier alpha value is -1.27. The minimum absolute atomic E-state index is 0. The molecule has 0 spiro atoms. The van der Waals surface area contributed by atoms with Gasteiger partial charge in [0.25, 0.3) is 0 Å². The SMILES string of the molecule is CC1NCCN(C(=O)CCc2ncc(-c3ccc(Cl)cc3)o2)C1C.Cl.Cl. The molecule has 0 aliphatic carbocycles. The van der Waals surface area contributed by atoms with Crippen LogP contribution in [0.25, 0.3) is 11.3 Å². The van der Waals surface area contributed by atoms with Crippen molar-refractivity contribution in [1.29, 1.82) is 0 Å². The van der Waals surface area contributed by atoms with Crippen LogP contribution in [0.2, 0.25) is 5.02 Å². The Labute approximate surface area is 171 Å². The summed E-state index contributed by atoms with van der Waals surface area (Å²) in [5, 5.41) is 4.07. The first-order chi connectivity index (χ1) is 11.5. The summed E-state index contributed by atoms with van der Waals surface area (Å²) in [4.78, 5) is 18.7. The van der Waals surface area contributed by atoms with E-state index in [1.54, 1.807) is 6.20 Å². The minimum Gasteiger partial charge on any atom is -0.441 e. The predicted octanol–water partition coefficient (Wildman–Crippen LogP) is 3.98. The minimum atomic E-state index is 0. The molecule has 144 valence electrons. The van der Waals surface area contributed by atoms with Gasteiger partial charge in [0, 0.05) is 48.6 Å². The third-order valence-corrected chi connectivity index (χ3v) is 4.84. The predicted molar refractivity (Wildman–Crippen MR) is 108 cm³/mol. The number of piperazine rings is 1. The van der Waals surface area contributed by atoms with E-state index < -0.39 is 0 Å². The highest BCUT2D eigenvalue weighted by Gasteiger charge is 2.27. The van der Waals surface area contributed by atoms with E-state index in [-0.39, 0.29) is 36.8 Å². The van der Waals surface area contributed by atoms with Crippen molar-refractivity contribution in [3.8, 4) is 11.3 Å². The molecule has 0 radical (unpaired) electrons. The van der Waals surface area contributed by atoms with Crippen LogP contribution in [0.1, 0.15) is 26.2 Å². The number of nitrogens with one attached hydrogen (secondary N) is 1. The number of nitrogens with zero attached hydrogens (tertiary/aromatic N) is 2. The normalized spacial score (nSPS) is 19.4.